The van der Waals surface area contributed by atoms with E-state index in [4.69, 9.17) is 5.11 Å². The largest absolute Gasteiger partial charge is 0.478 e. The van der Waals surface area contributed by atoms with Crippen LogP contribution < -0.4 is 10.2 Å². The SMILES string of the molecule is CCN(c1c(F)cc(C(=O)O)cc1F)C1CCNCC1. The Morgan fingerprint density at radius 2 is 1.90 bits per heavy atom. The molecule has 0 spiro atoms. The smallest absolute Gasteiger partial charge is 0.335 e. The molecule has 6 heteroatoms. The topological polar surface area (TPSA) is 52.6 Å². The van der Waals surface area contributed by atoms with Gasteiger partial charge in [-0.25, -0.2) is 13.6 Å². The van der Waals surface area contributed by atoms with Crippen LogP contribution in [-0.4, -0.2) is 36.8 Å². The first-order chi connectivity index (χ1) is 9.54. The van der Waals surface area contributed by atoms with Crippen molar-refractivity contribution in [2.45, 2.75) is 25.8 Å². The Hall–Kier alpha value is -1.69. The monoisotopic (exact) mass is 284 g/mol. The van der Waals surface area contributed by atoms with Gasteiger partial charge in [-0.2, -0.15) is 0 Å². The van der Waals surface area contributed by atoms with Crippen molar-refractivity contribution in [2.24, 2.45) is 0 Å². The van der Waals surface area contributed by atoms with Crippen molar-refractivity contribution in [1.82, 2.24) is 5.32 Å². The lowest BCUT2D eigenvalue weighted by molar-refractivity contribution is 0.0696. The van der Waals surface area contributed by atoms with Gasteiger partial charge in [-0.1, -0.05) is 0 Å². The third-order valence-electron chi connectivity index (χ3n) is 3.64. The van der Waals surface area contributed by atoms with Crippen LogP contribution in [0.5, 0.6) is 0 Å². The number of rotatable bonds is 4. The molecule has 1 aromatic carbocycles. The second kappa shape index (κ2) is 6.17. The van der Waals surface area contributed by atoms with Crippen molar-refractivity contribution < 1.29 is 18.7 Å². The summed E-state index contributed by atoms with van der Waals surface area (Å²) in [6.07, 6.45) is 1.63. The molecule has 2 rings (SSSR count). The Kier molecular flexibility index (Phi) is 4.54. The normalized spacial score (nSPS) is 16.1. The van der Waals surface area contributed by atoms with Crippen LogP contribution in [-0.2, 0) is 0 Å². The molecule has 0 unspecified atom stereocenters. The van der Waals surface area contributed by atoms with Crippen LogP contribution in [0.4, 0.5) is 14.5 Å². The Bertz CT molecular complexity index is 479. The highest BCUT2D eigenvalue weighted by atomic mass is 19.1. The number of piperidine rings is 1. The minimum atomic E-state index is -1.33. The molecule has 110 valence electrons. The van der Waals surface area contributed by atoms with Crippen molar-refractivity contribution in [3.63, 3.8) is 0 Å². The fourth-order valence-corrected chi connectivity index (χ4v) is 2.68. The molecule has 0 amide bonds. The number of aromatic carboxylic acids is 1. The number of benzene rings is 1. The molecule has 4 nitrogen and oxygen atoms in total. The van der Waals surface area contributed by atoms with Crippen molar-refractivity contribution in [2.75, 3.05) is 24.5 Å². The average Bonchev–Trinajstić information content (AvgIpc) is 2.43. The van der Waals surface area contributed by atoms with Crippen LogP contribution in [0.15, 0.2) is 12.1 Å². The second-order valence-electron chi connectivity index (χ2n) is 4.86. The summed E-state index contributed by atoms with van der Waals surface area (Å²) in [6.45, 7) is 3.95. The molecular weight excluding hydrogens is 266 g/mol. The summed E-state index contributed by atoms with van der Waals surface area (Å²) < 4.78 is 28.2. The molecule has 1 aromatic rings. The standard InChI is InChI=1S/C14H18F2N2O2/c1-2-18(10-3-5-17-6-4-10)13-11(15)7-9(14(19)20)8-12(13)16/h7-8,10,17H,2-6H2,1H3,(H,19,20). The van der Waals surface area contributed by atoms with Crippen LogP contribution in [0.1, 0.15) is 30.1 Å². The first-order valence-corrected chi connectivity index (χ1v) is 6.74. The maximum Gasteiger partial charge on any atom is 0.335 e. The minimum Gasteiger partial charge on any atom is -0.478 e. The number of nitrogens with zero attached hydrogens (tertiary/aromatic N) is 1. The van der Waals surface area contributed by atoms with E-state index in [1.54, 1.807) is 4.90 Å². The van der Waals surface area contributed by atoms with Gasteiger partial charge in [0, 0.05) is 12.6 Å². The van der Waals surface area contributed by atoms with Crippen LogP contribution >= 0.6 is 0 Å². The summed E-state index contributed by atoms with van der Waals surface area (Å²) in [5.41, 5.74) is -0.491. The van der Waals surface area contributed by atoms with Crippen LogP contribution in [0.25, 0.3) is 0 Å². The summed E-state index contributed by atoms with van der Waals surface area (Å²) in [7, 11) is 0. The van der Waals surface area contributed by atoms with Crippen molar-refractivity contribution >= 4 is 11.7 Å². The van der Waals surface area contributed by atoms with Crippen molar-refractivity contribution in [1.29, 1.82) is 0 Å². The predicted molar refractivity (Wildman–Crippen MR) is 72.2 cm³/mol. The molecular formula is C14H18F2N2O2. The zero-order valence-electron chi connectivity index (χ0n) is 11.3. The highest BCUT2D eigenvalue weighted by Crippen LogP contribution is 2.29. The molecule has 0 aliphatic carbocycles. The Labute approximate surface area is 116 Å². The predicted octanol–water partition coefficient (Wildman–Crippen LogP) is 2.24. The quantitative estimate of drug-likeness (QED) is 0.890. The highest BCUT2D eigenvalue weighted by molar-refractivity contribution is 5.88. The summed E-state index contributed by atoms with van der Waals surface area (Å²) in [6, 6.07) is 1.83. The van der Waals surface area contributed by atoms with Gasteiger partial charge in [-0.3, -0.25) is 0 Å². The first-order valence-electron chi connectivity index (χ1n) is 6.74. The molecule has 1 aliphatic rings. The van der Waals surface area contributed by atoms with E-state index in [-0.39, 0.29) is 17.3 Å². The second-order valence-corrected chi connectivity index (χ2v) is 4.86. The number of hydrogen-bond donors (Lipinski definition) is 2. The van der Waals surface area contributed by atoms with E-state index in [0.717, 1.165) is 38.1 Å². The van der Waals surface area contributed by atoms with Gasteiger partial charge >= 0.3 is 5.97 Å². The molecule has 1 heterocycles. The third kappa shape index (κ3) is 2.90. The number of carboxylic acid groups (broad SMARTS) is 1. The summed E-state index contributed by atoms with van der Waals surface area (Å²) in [5.74, 6) is -2.97. The van der Waals surface area contributed by atoms with Crippen LogP contribution in [0.2, 0.25) is 0 Å². The molecule has 20 heavy (non-hydrogen) atoms. The molecule has 1 aliphatic heterocycles. The fourth-order valence-electron chi connectivity index (χ4n) is 2.68. The number of halogens is 2. The van der Waals surface area contributed by atoms with Gasteiger partial charge in [0.1, 0.15) is 17.3 Å². The van der Waals surface area contributed by atoms with Gasteiger partial charge in [0.15, 0.2) is 0 Å². The number of hydrogen-bond acceptors (Lipinski definition) is 3. The zero-order valence-corrected chi connectivity index (χ0v) is 11.3. The van der Waals surface area contributed by atoms with Gasteiger partial charge < -0.3 is 15.3 Å². The minimum absolute atomic E-state index is 0.0703. The summed E-state index contributed by atoms with van der Waals surface area (Å²) in [4.78, 5) is 12.5. The average molecular weight is 284 g/mol. The molecule has 0 atom stereocenters. The lowest BCUT2D eigenvalue weighted by atomic mass is 10.0. The Morgan fingerprint density at radius 3 is 2.35 bits per heavy atom. The van der Waals surface area contributed by atoms with E-state index in [1.165, 1.54) is 0 Å². The van der Waals surface area contributed by atoms with Crippen LogP contribution in [0, 0.1) is 11.6 Å². The van der Waals surface area contributed by atoms with E-state index in [1.807, 2.05) is 6.92 Å². The molecule has 0 bridgehead atoms. The highest BCUT2D eigenvalue weighted by Gasteiger charge is 2.26. The van der Waals surface area contributed by atoms with Gasteiger partial charge in [-0.05, 0) is 45.0 Å². The molecule has 1 saturated heterocycles. The molecule has 0 radical (unpaired) electrons. The first kappa shape index (κ1) is 14.7. The number of anilines is 1. The van der Waals surface area contributed by atoms with E-state index in [2.05, 4.69) is 5.32 Å². The van der Waals surface area contributed by atoms with Gasteiger partial charge in [0.25, 0.3) is 0 Å². The maximum absolute atomic E-state index is 14.1. The van der Waals surface area contributed by atoms with Gasteiger partial charge in [0.05, 0.1) is 5.56 Å². The zero-order chi connectivity index (χ0) is 14.7. The summed E-state index contributed by atoms with van der Waals surface area (Å²) in [5, 5.41) is 12.0. The lowest BCUT2D eigenvalue weighted by Crippen LogP contribution is -2.44. The number of nitrogens with one attached hydrogen (secondary N) is 1. The molecule has 2 N–H and O–H groups in total. The van der Waals surface area contributed by atoms with Crippen molar-refractivity contribution in [3.8, 4) is 0 Å². The lowest BCUT2D eigenvalue weighted by Gasteiger charge is -2.36. The van der Waals surface area contributed by atoms with Crippen LogP contribution in [0.3, 0.4) is 0 Å². The van der Waals surface area contributed by atoms with Gasteiger partial charge in [0.2, 0.25) is 0 Å². The Balaban J connectivity index is 2.36. The van der Waals surface area contributed by atoms with E-state index >= 15 is 0 Å². The molecule has 0 aromatic heterocycles. The summed E-state index contributed by atoms with van der Waals surface area (Å²) >= 11 is 0. The van der Waals surface area contributed by atoms with Gasteiger partial charge in [-0.15, -0.1) is 0 Å². The van der Waals surface area contributed by atoms with E-state index in [9.17, 15) is 13.6 Å². The van der Waals surface area contributed by atoms with E-state index in [0.29, 0.717) is 6.54 Å². The number of carbonyl (C=O) groups is 1. The Morgan fingerprint density at radius 1 is 1.35 bits per heavy atom. The fraction of sp³-hybridized carbons (Fsp3) is 0.500. The molecule has 1 fully saturated rings. The maximum atomic E-state index is 14.1. The molecule has 0 saturated carbocycles. The van der Waals surface area contributed by atoms with Crippen molar-refractivity contribution in [3.05, 3.63) is 29.3 Å². The third-order valence-corrected chi connectivity index (χ3v) is 3.64. The number of carboxylic acids is 1. The van der Waals surface area contributed by atoms with E-state index < -0.39 is 17.6 Å².